The van der Waals surface area contributed by atoms with Crippen molar-refractivity contribution in [1.29, 1.82) is 0 Å². The number of hydrogen-bond acceptors (Lipinski definition) is 9. The van der Waals surface area contributed by atoms with Gasteiger partial charge in [-0.1, -0.05) is 72.5 Å². The molecule has 0 spiro atoms. The molecule has 3 N–H and O–H groups in total. The van der Waals surface area contributed by atoms with Crippen molar-refractivity contribution in [3.05, 3.63) is 84.9 Å². The SMILES string of the molecule is O=S(=O)(O)c1cc(N=Nc2c([O-])ccc3ccccc23)c(O)c(N=Nc2c(O)ccc3ccccc23)c1.[Na+]. The van der Waals surface area contributed by atoms with Gasteiger partial charge in [-0.05, 0) is 29.0 Å². The summed E-state index contributed by atoms with van der Waals surface area (Å²) in [5.74, 6) is -1.22. The Morgan fingerprint density at radius 3 is 1.74 bits per heavy atom. The normalized spacial score (nSPS) is 11.9. The fraction of sp³-hybridized carbons (Fsp3) is 0. The van der Waals surface area contributed by atoms with E-state index in [4.69, 9.17) is 0 Å². The number of aromatic hydroxyl groups is 2. The first-order valence-electron chi connectivity index (χ1n) is 10.8. The molecule has 0 fully saturated rings. The molecule has 184 valence electrons. The van der Waals surface area contributed by atoms with Gasteiger partial charge < -0.3 is 15.3 Å². The minimum absolute atomic E-state index is 0. The van der Waals surface area contributed by atoms with Gasteiger partial charge in [0.15, 0.2) is 5.75 Å². The molecule has 0 bridgehead atoms. The Balaban J connectivity index is 0.00000336. The van der Waals surface area contributed by atoms with Crippen LogP contribution < -0.4 is 34.7 Å². The van der Waals surface area contributed by atoms with Crippen molar-refractivity contribution >= 4 is 54.4 Å². The summed E-state index contributed by atoms with van der Waals surface area (Å²) >= 11 is 0. The number of nitrogens with zero attached hydrogens (tertiary/aromatic N) is 4. The van der Waals surface area contributed by atoms with Gasteiger partial charge in [0.05, 0.1) is 10.6 Å². The summed E-state index contributed by atoms with van der Waals surface area (Å²) in [6.07, 6.45) is 0. The average Bonchev–Trinajstić information content (AvgIpc) is 2.88. The third kappa shape index (κ3) is 5.37. The van der Waals surface area contributed by atoms with E-state index in [-0.39, 0.29) is 58.1 Å². The first-order valence-corrected chi connectivity index (χ1v) is 12.2. The van der Waals surface area contributed by atoms with Crippen LogP contribution in [0.15, 0.2) is 110 Å². The summed E-state index contributed by atoms with van der Waals surface area (Å²) in [4.78, 5) is -0.629. The van der Waals surface area contributed by atoms with E-state index in [0.717, 1.165) is 22.9 Å². The molecule has 0 aromatic heterocycles. The number of benzene rings is 5. The molecule has 0 aliphatic heterocycles. The van der Waals surface area contributed by atoms with Crippen molar-refractivity contribution in [2.75, 3.05) is 0 Å². The van der Waals surface area contributed by atoms with Crippen LogP contribution in [0.4, 0.5) is 22.7 Å². The maximum absolute atomic E-state index is 12.4. The van der Waals surface area contributed by atoms with Crippen molar-refractivity contribution in [1.82, 2.24) is 0 Å². The van der Waals surface area contributed by atoms with Crippen LogP contribution in [0.2, 0.25) is 0 Å². The van der Waals surface area contributed by atoms with Crippen LogP contribution >= 0.6 is 0 Å². The summed E-state index contributed by atoms with van der Waals surface area (Å²) in [6, 6.07) is 21.9. The van der Waals surface area contributed by atoms with Crippen molar-refractivity contribution in [3.63, 3.8) is 0 Å². The summed E-state index contributed by atoms with van der Waals surface area (Å²) in [6.45, 7) is 0. The molecule has 0 saturated heterocycles. The second-order valence-electron chi connectivity index (χ2n) is 7.97. The van der Waals surface area contributed by atoms with Gasteiger partial charge in [0, 0.05) is 10.8 Å². The third-order valence-electron chi connectivity index (χ3n) is 5.60. The molecule has 0 aliphatic rings. The van der Waals surface area contributed by atoms with E-state index in [0.29, 0.717) is 10.8 Å². The molecule has 5 rings (SSSR count). The molecule has 12 heteroatoms. The van der Waals surface area contributed by atoms with Crippen molar-refractivity contribution in [3.8, 4) is 17.2 Å². The van der Waals surface area contributed by atoms with Gasteiger partial charge in [0.1, 0.15) is 22.8 Å². The Morgan fingerprint density at radius 1 is 0.658 bits per heavy atom. The Bertz CT molecular complexity index is 1740. The van der Waals surface area contributed by atoms with E-state index in [1.807, 2.05) is 6.07 Å². The number of hydrogen-bond donors (Lipinski definition) is 3. The maximum Gasteiger partial charge on any atom is 1.00 e. The molecule has 38 heavy (non-hydrogen) atoms. The monoisotopic (exact) mass is 536 g/mol. The first kappa shape index (κ1) is 27.2. The van der Waals surface area contributed by atoms with Crippen LogP contribution in [0.3, 0.4) is 0 Å². The standard InChI is InChI=1S/C26H18N4O6S.Na/c31-22-11-9-15-5-1-3-7-18(15)24(22)29-27-20-13-17(37(34,35)36)14-21(26(20)33)28-30-25-19-8-4-2-6-16(19)10-12-23(25)32;/h1-14,31-33H,(H,34,35,36);/q;+1/p-1. The van der Waals surface area contributed by atoms with Crippen molar-refractivity contribution < 1.29 is 57.8 Å². The van der Waals surface area contributed by atoms with E-state index in [2.05, 4.69) is 20.5 Å². The Hall–Kier alpha value is -3.87. The predicted molar refractivity (Wildman–Crippen MR) is 135 cm³/mol. The van der Waals surface area contributed by atoms with Gasteiger partial charge in [0.2, 0.25) is 0 Å². The summed E-state index contributed by atoms with van der Waals surface area (Å²) in [7, 11) is -4.74. The molecule has 0 saturated carbocycles. The van der Waals surface area contributed by atoms with Crippen LogP contribution in [0.1, 0.15) is 0 Å². The zero-order chi connectivity index (χ0) is 26.2. The van der Waals surface area contributed by atoms with Crippen LogP contribution in [0.5, 0.6) is 17.2 Å². The molecule has 0 unspecified atom stereocenters. The van der Waals surface area contributed by atoms with E-state index in [1.165, 1.54) is 12.1 Å². The fourth-order valence-electron chi connectivity index (χ4n) is 3.78. The number of phenolic OH excluding ortho intramolecular Hbond substituents is 2. The molecule has 0 heterocycles. The fourth-order valence-corrected chi connectivity index (χ4v) is 4.30. The van der Waals surface area contributed by atoms with Crippen LogP contribution in [0.25, 0.3) is 21.5 Å². The molecular formula is C26H17N4NaO6S. The Kier molecular flexibility index (Phi) is 7.76. The number of azo groups is 2. The smallest absolute Gasteiger partial charge is 0.871 e. The molecule has 5 aromatic rings. The first-order chi connectivity index (χ1) is 17.7. The molecule has 5 aromatic carbocycles. The van der Waals surface area contributed by atoms with Crippen molar-refractivity contribution in [2.45, 2.75) is 4.90 Å². The largest absolute Gasteiger partial charge is 1.00 e. The third-order valence-corrected chi connectivity index (χ3v) is 6.43. The maximum atomic E-state index is 12.4. The van der Waals surface area contributed by atoms with Crippen LogP contribution in [-0.2, 0) is 10.1 Å². The molecule has 0 amide bonds. The van der Waals surface area contributed by atoms with Crippen molar-refractivity contribution in [2.24, 2.45) is 20.5 Å². The summed E-state index contributed by atoms with van der Waals surface area (Å²) in [5.41, 5.74) is -0.668. The molecule has 0 radical (unpaired) electrons. The van der Waals surface area contributed by atoms with Gasteiger partial charge in [-0.2, -0.15) is 13.5 Å². The molecule has 0 aliphatic carbocycles. The molecule has 0 atom stereocenters. The second kappa shape index (κ2) is 10.9. The number of phenols is 2. The van der Waals surface area contributed by atoms with E-state index in [1.54, 1.807) is 54.6 Å². The van der Waals surface area contributed by atoms with Gasteiger partial charge in [-0.15, -0.1) is 15.3 Å². The predicted octanol–water partition coefficient (Wildman–Crippen LogP) is 3.56. The number of fused-ring (bicyclic) bond motifs is 2. The molecule has 10 nitrogen and oxygen atoms in total. The minimum Gasteiger partial charge on any atom is -0.871 e. The number of rotatable bonds is 5. The van der Waals surface area contributed by atoms with E-state index >= 15 is 0 Å². The van der Waals surface area contributed by atoms with Crippen LogP contribution in [0, 0.1) is 0 Å². The van der Waals surface area contributed by atoms with E-state index < -0.39 is 26.5 Å². The zero-order valence-corrected chi connectivity index (χ0v) is 22.7. The minimum atomic E-state index is -4.74. The van der Waals surface area contributed by atoms with E-state index in [9.17, 15) is 28.3 Å². The summed E-state index contributed by atoms with van der Waals surface area (Å²) < 4.78 is 33.4. The Labute approximate surface area is 238 Å². The Morgan fingerprint density at radius 2 is 1.16 bits per heavy atom. The van der Waals surface area contributed by atoms with Gasteiger partial charge in [0.25, 0.3) is 10.1 Å². The topological polar surface area (TPSA) is 167 Å². The quantitative estimate of drug-likeness (QED) is 0.176. The van der Waals surface area contributed by atoms with Crippen LogP contribution in [-0.4, -0.2) is 23.2 Å². The van der Waals surface area contributed by atoms with Gasteiger partial charge in [-0.25, -0.2) is 0 Å². The second-order valence-corrected chi connectivity index (χ2v) is 9.39. The summed E-state index contributed by atoms with van der Waals surface area (Å²) in [5, 5.41) is 51.9. The van der Waals surface area contributed by atoms with Gasteiger partial charge >= 0.3 is 29.6 Å². The molecular weight excluding hydrogens is 519 g/mol. The van der Waals surface area contributed by atoms with Gasteiger partial charge in [-0.3, -0.25) is 4.55 Å². The zero-order valence-electron chi connectivity index (χ0n) is 19.8. The average molecular weight is 537 g/mol.